The number of rotatable bonds is 7. The van der Waals surface area contributed by atoms with Crippen LogP contribution in [0.4, 0.5) is 0 Å². The van der Waals surface area contributed by atoms with Gasteiger partial charge in [0.15, 0.2) is 0 Å². The maximum atomic E-state index is 5.24. The second-order valence-electron chi connectivity index (χ2n) is 12.3. The maximum Gasteiger partial charge on any atom is 0.275 e. The molecule has 1 saturated carbocycles. The Kier molecular flexibility index (Phi) is 5.77. The molecule has 0 spiro atoms. The summed E-state index contributed by atoms with van der Waals surface area (Å²) < 4.78 is 4.88. The summed E-state index contributed by atoms with van der Waals surface area (Å²) in [5, 5.41) is 5.24. The summed E-state index contributed by atoms with van der Waals surface area (Å²) in [6.07, 6.45) is 3.64. The fraction of sp³-hybridized carbons (Fsp3) is 0.562. The monoisotopic (exact) mass is 470 g/mol. The Morgan fingerprint density at radius 1 is 1.06 bits per heavy atom. The summed E-state index contributed by atoms with van der Waals surface area (Å²) in [5.41, 5.74) is 7.05. The Hall–Kier alpha value is -2.42. The van der Waals surface area contributed by atoms with Crippen molar-refractivity contribution in [3.63, 3.8) is 0 Å². The molecule has 186 valence electrons. The van der Waals surface area contributed by atoms with Crippen molar-refractivity contribution in [3.05, 3.63) is 65.0 Å². The molecule has 2 aromatic carbocycles. The highest BCUT2D eigenvalue weighted by atomic mass is 15.4. The van der Waals surface area contributed by atoms with Gasteiger partial charge in [-0.25, -0.2) is 4.57 Å². The van der Waals surface area contributed by atoms with E-state index in [1.165, 1.54) is 53.0 Å². The highest BCUT2D eigenvalue weighted by Gasteiger charge is 2.79. The minimum absolute atomic E-state index is 0.0882. The molecule has 5 rings (SSSR count). The van der Waals surface area contributed by atoms with Gasteiger partial charge in [0.05, 0.1) is 5.56 Å². The van der Waals surface area contributed by atoms with Crippen molar-refractivity contribution in [3.8, 4) is 17.1 Å². The largest absolute Gasteiger partial charge is 0.275 e. The third-order valence-corrected chi connectivity index (χ3v) is 9.51. The van der Waals surface area contributed by atoms with E-state index in [4.69, 9.17) is 5.10 Å². The van der Waals surface area contributed by atoms with Crippen molar-refractivity contribution < 1.29 is 4.57 Å². The lowest BCUT2D eigenvalue weighted by Gasteiger charge is -2.30. The normalized spacial score (nSPS) is 25.4. The van der Waals surface area contributed by atoms with E-state index in [-0.39, 0.29) is 11.0 Å². The molecule has 4 unspecified atom stereocenters. The molecular formula is C32H44N3+. The smallest absolute Gasteiger partial charge is 0.221 e. The van der Waals surface area contributed by atoms with Crippen LogP contribution in [0.5, 0.6) is 0 Å². The lowest BCUT2D eigenvalue weighted by atomic mass is 9.82. The lowest BCUT2D eigenvalue weighted by Crippen LogP contribution is -2.56. The average molecular weight is 471 g/mol. The molecule has 0 amide bonds. The number of fused-ring (bicyclic) bond motifs is 6. The van der Waals surface area contributed by atoms with Crippen molar-refractivity contribution in [1.82, 2.24) is 9.78 Å². The molecule has 0 bridgehead atoms. The van der Waals surface area contributed by atoms with E-state index < -0.39 is 0 Å². The van der Waals surface area contributed by atoms with E-state index in [2.05, 4.69) is 114 Å². The summed E-state index contributed by atoms with van der Waals surface area (Å²) in [4.78, 5) is 0. The topological polar surface area (TPSA) is 21.7 Å². The van der Waals surface area contributed by atoms with Crippen LogP contribution in [0.1, 0.15) is 96.2 Å². The first-order valence-electron chi connectivity index (χ1n) is 13.8. The van der Waals surface area contributed by atoms with Crippen LogP contribution in [-0.2, 0) is 11.0 Å². The molecule has 4 atom stereocenters. The molecule has 2 heterocycles. The summed E-state index contributed by atoms with van der Waals surface area (Å²) in [6, 6.07) is 16.2. The molecule has 3 aromatic rings. The van der Waals surface area contributed by atoms with Gasteiger partial charge in [0.1, 0.15) is 11.2 Å². The van der Waals surface area contributed by atoms with E-state index in [9.17, 15) is 0 Å². The number of benzene rings is 2. The van der Waals surface area contributed by atoms with Crippen molar-refractivity contribution in [2.24, 2.45) is 17.8 Å². The summed E-state index contributed by atoms with van der Waals surface area (Å²) in [5.74, 6) is 4.84. The lowest BCUT2D eigenvalue weighted by molar-refractivity contribution is -0.745. The predicted octanol–water partition coefficient (Wildman–Crippen LogP) is 7.65. The molecule has 0 radical (unpaired) electrons. The van der Waals surface area contributed by atoms with Gasteiger partial charge in [0.25, 0.3) is 11.6 Å². The molecule has 2 aliphatic rings. The fourth-order valence-corrected chi connectivity index (χ4v) is 7.74. The van der Waals surface area contributed by atoms with Crippen LogP contribution in [0.2, 0.25) is 0 Å². The minimum atomic E-state index is 0.0882. The zero-order valence-electron chi connectivity index (χ0n) is 23.3. The van der Waals surface area contributed by atoms with Gasteiger partial charge < -0.3 is 0 Å². The highest BCUT2D eigenvalue weighted by Crippen LogP contribution is 2.70. The van der Waals surface area contributed by atoms with Crippen LogP contribution < -0.4 is 4.57 Å². The molecule has 0 saturated heterocycles. The van der Waals surface area contributed by atoms with Gasteiger partial charge in [-0.15, -0.1) is 0 Å². The van der Waals surface area contributed by atoms with Crippen LogP contribution in [0.3, 0.4) is 0 Å². The van der Waals surface area contributed by atoms with Gasteiger partial charge in [-0.1, -0.05) is 89.9 Å². The van der Waals surface area contributed by atoms with E-state index in [0.29, 0.717) is 23.7 Å². The molecule has 3 nitrogen and oxygen atoms in total. The molecule has 3 heteroatoms. The second-order valence-corrected chi connectivity index (χ2v) is 12.3. The molecule has 1 aliphatic carbocycles. The zero-order chi connectivity index (χ0) is 25.3. The average Bonchev–Trinajstić information content (AvgIpc) is 3.09. The number of aromatic nitrogens is 3. The van der Waals surface area contributed by atoms with Crippen LogP contribution in [-0.4, -0.2) is 9.78 Å². The van der Waals surface area contributed by atoms with Crippen LogP contribution in [0.15, 0.2) is 42.5 Å². The molecule has 35 heavy (non-hydrogen) atoms. The van der Waals surface area contributed by atoms with Crippen molar-refractivity contribution in [1.29, 1.82) is 0 Å². The molecule has 1 aliphatic heterocycles. The van der Waals surface area contributed by atoms with Crippen LogP contribution in [0, 0.1) is 31.6 Å². The Labute approximate surface area is 212 Å². The molecule has 0 N–H and O–H groups in total. The Bertz CT molecular complexity index is 1270. The van der Waals surface area contributed by atoms with Gasteiger partial charge in [-0.2, -0.15) is 0 Å². The maximum absolute atomic E-state index is 5.24. The first-order valence-corrected chi connectivity index (χ1v) is 13.8. The van der Waals surface area contributed by atoms with Gasteiger partial charge >= 0.3 is 0 Å². The fourth-order valence-electron chi connectivity index (χ4n) is 7.74. The summed E-state index contributed by atoms with van der Waals surface area (Å²) >= 11 is 0. The quantitative estimate of drug-likeness (QED) is 0.325. The van der Waals surface area contributed by atoms with E-state index in [1.54, 1.807) is 0 Å². The summed E-state index contributed by atoms with van der Waals surface area (Å²) in [7, 11) is 0. The van der Waals surface area contributed by atoms with E-state index >= 15 is 0 Å². The third kappa shape index (κ3) is 3.22. The van der Waals surface area contributed by atoms with Crippen LogP contribution >= 0.6 is 0 Å². The van der Waals surface area contributed by atoms with Gasteiger partial charge in [-0.3, -0.25) is 0 Å². The standard InChI is InChI=1S/C32H44N3/c1-10-13-26(21(4)5)25-16-17-29(22(6)18-25)35-30-27-14-11-12-15-28(27)31(9)23(7)32(31,19-20(2)3)34(30)24(8)33-35/h11-12,14-18,20-21,23,26H,10,13,19H2,1-9H3/q+1. The zero-order valence-corrected chi connectivity index (χ0v) is 23.3. The SMILES string of the molecule is CCCC(c1ccc(-n2nc(C)[n+]3c2-c2ccccc2C2(C)C(C)C32CC(C)C)c(C)c1)C(C)C. The third-order valence-electron chi connectivity index (χ3n) is 9.51. The summed E-state index contributed by atoms with van der Waals surface area (Å²) in [6.45, 7) is 21.2. The molecule has 1 aromatic heterocycles. The van der Waals surface area contributed by atoms with Crippen molar-refractivity contribution in [2.75, 3.05) is 0 Å². The highest BCUT2D eigenvalue weighted by molar-refractivity contribution is 5.68. The Morgan fingerprint density at radius 2 is 1.77 bits per heavy atom. The molecular weight excluding hydrogens is 426 g/mol. The van der Waals surface area contributed by atoms with Crippen molar-refractivity contribution in [2.45, 2.75) is 98.4 Å². The minimum Gasteiger partial charge on any atom is -0.221 e. The number of hydrogen-bond acceptors (Lipinski definition) is 1. The second kappa shape index (κ2) is 8.32. The Balaban J connectivity index is 1.72. The van der Waals surface area contributed by atoms with Gasteiger partial charge in [-0.05, 0) is 66.3 Å². The number of aryl methyl sites for hydroxylation is 2. The van der Waals surface area contributed by atoms with E-state index in [0.717, 1.165) is 5.82 Å². The van der Waals surface area contributed by atoms with Crippen LogP contribution in [0.25, 0.3) is 17.1 Å². The Morgan fingerprint density at radius 3 is 2.40 bits per heavy atom. The number of nitrogens with zero attached hydrogens (tertiary/aromatic N) is 3. The predicted molar refractivity (Wildman–Crippen MR) is 145 cm³/mol. The first-order chi connectivity index (χ1) is 16.6. The first kappa shape index (κ1) is 24.3. The van der Waals surface area contributed by atoms with Gasteiger partial charge in [0, 0.05) is 23.4 Å². The van der Waals surface area contributed by atoms with Crippen molar-refractivity contribution >= 4 is 0 Å². The molecule has 1 fully saturated rings. The van der Waals surface area contributed by atoms with E-state index in [1.807, 2.05) is 0 Å². The number of hydrogen-bond donors (Lipinski definition) is 0. The van der Waals surface area contributed by atoms with Gasteiger partial charge in [0.2, 0.25) is 0 Å².